The Labute approximate surface area is 106 Å². The van der Waals surface area contributed by atoms with Crippen LogP contribution in [0.3, 0.4) is 0 Å². The third-order valence-electron chi connectivity index (χ3n) is 2.46. The van der Waals surface area contributed by atoms with E-state index in [1.54, 1.807) is 12.1 Å². The second-order valence-electron chi connectivity index (χ2n) is 4.41. The largest absolute Gasteiger partial charge is 0.350 e. The molecular formula is C12H18N3O3+. The number of nitro groups is 1. The van der Waals surface area contributed by atoms with Gasteiger partial charge in [0.2, 0.25) is 5.91 Å². The zero-order valence-corrected chi connectivity index (χ0v) is 10.6. The van der Waals surface area contributed by atoms with E-state index in [9.17, 15) is 14.9 Å². The summed E-state index contributed by atoms with van der Waals surface area (Å²) in [6.07, 6.45) is 0.251. The van der Waals surface area contributed by atoms with Crippen LogP contribution in [0.5, 0.6) is 0 Å². The summed E-state index contributed by atoms with van der Waals surface area (Å²) in [5, 5.41) is 13.3. The van der Waals surface area contributed by atoms with Crippen LogP contribution < -0.4 is 10.2 Å². The number of quaternary nitrogens is 1. The number of nitrogens with zero attached hydrogens (tertiary/aromatic N) is 1. The van der Waals surface area contributed by atoms with Crippen molar-refractivity contribution in [3.8, 4) is 0 Å². The summed E-state index contributed by atoms with van der Waals surface area (Å²) in [5.74, 6) is -0.0647. The molecular weight excluding hydrogens is 234 g/mol. The summed E-state index contributed by atoms with van der Waals surface area (Å²) in [5.41, 5.74) is 0.811. The van der Waals surface area contributed by atoms with Crippen LogP contribution in [0.2, 0.25) is 0 Å². The Balaban J connectivity index is 2.42. The summed E-state index contributed by atoms with van der Waals surface area (Å²) in [7, 11) is 4.03. The lowest BCUT2D eigenvalue weighted by Crippen LogP contribution is -3.06. The van der Waals surface area contributed by atoms with Crippen LogP contribution in [0.15, 0.2) is 24.3 Å². The van der Waals surface area contributed by atoms with Gasteiger partial charge in [-0.2, -0.15) is 0 Å². The molecule has 0 atom stereocenters. The minimum absolute atomic E-state index is 0.0374. The van der Waals surface area contributed by atoms with Gasteiger partial charge in [0.05, 0.1) is 38.5 Å². The van der Waals surface area contributed by atoms with Crippen molar-refractivity contribution < 1.29 is 14.6 Å². The molecule has 0 fully saturated rings. The lowest BCUT2D eigenvalue weighted by atomic mass is 10.1. The zero-order chi connectivity index (χ0) is 13.5. The van der Waals surface area contributed by atoms with Crippen molar-refractivity contribution in [1.82, 2.24) is 5.32 Å². The van der Waals surface area contributed by atoms with Gasteiger partial charge in [-0.15, -0.1) is 0 Å². The summed E-state index contributed by atoms with van der Waals surface area (Å²) >= 11 is 0. The number of nitrogens with one attached hydrogen (secondary N) is 2. The third kappa shape index (κ3) is 4.92. The van der Waals surface area contributed by atoms with Gasteiger partial charge in [-0.3, -0.25) is 14.9 Å². The smallest absolute Gasteiger partial charge is 0.269 e. The molecule has 0 bridgehead atoms. The third-order valence-corrected chi connectivity index (χ3v) is 2.46. The highest BCUT2D eigenvalue weighted by Crippen LogP contribution is 2.12. The Kier molecular flexibility index (Phi) is 5.26. The first-order chi connectivity index (χ1) is 8.49. The standard InChI is InChI=1S/C12H17N3O3/c1-14(2)8-7-13-12(16)9-10-3-5-11(6-4-10)15(17)18/h3-6H,7-9H2,1-2H3,(H,13,16)/p+1. The molecule has 0 saturated carbocycles. The molecule has 1 amide bonds. The number of hydrogen-bond donors (Lipinski definition) is 2. The quantitative estimate of drug-likeness (QED) is 0.524. The average molecular weight is 252 g/mol. The van der Waals surface area contributed by atoms with Crippen molar-refractivity contribution in [2.45, 2.75) is 6.42 Å². The summed E-state index contributed by atoms with van der Waals surface area (Å²) in [6, 6.07) is 6.03. The monoisotopic (exact) mass is 252 g/mol. The van der Waals surface area contributed by atoms with Crippen molar-refractivity contribution in [3.05, 3.63) is 39.9 Å². The molecule has 0 spiro atoms. The molecule has 98 valence electrons. The molecule has 6 nitrogen and oxygen atoms in total. The first-order valence-electron chi connectivity index (χ1n) is 5.78. The molecule has 0 aliphatic rings. The number of hydrogen-bond acceptors (Lipinski definition) is 3. The molecule has 6 heteroatoms. The van der Waals surface area contributed by atoms with Gasteiger partial charge in [-0.1, -0.05) is 12.1 Å². The topological polar surface area (TPSA) is 76.7 Å². The van der Waals surface area contributed by atoms with Gasteiger partial charge in [-0.05, 0) is 5.56 Å². The van der Waals surface area contributed by atoms with Crippen molar-refractivity contribution in [1.29, 1.82) is 0 Å². The second-order valence-corrected chi connectivity index (χ2v) is 4.41. The van der Waals surface area contributed by atoms with E-state index in [1.807, 2.05) is 14.1 Å². The van der Waals surface area contributed by atoms with Crippen LogP contribution in [-0.4, -0.2) is 38.0 Å². The normalized spacial score (nSPS) is 10.4. The second kappa shape index (κ2) is 6.70. The summed E-state index contributed by atoms with van der Waals surface area (Å²) < 4.78 is 0. The molecule has 1 aromatic rings. The van der Waals surface area contributed by atoms with Crippen LogP contribution in [0.4, 0.5) is 5.69 Å². The van der Waals surface area contributed by atoms with E-state index in [2.05, 4.69) is 5.32 Å². The molecule has 0 unspecified atom stereocenters. The fourth-order valence-electron chi connectivity index (χ4n) is 1.44. The number of rotatable bonds is 6. The van der Waals surface area contributed by atoms with Gasteiger partial charge in [-0.25, -0.2) is 0 Å². The van der Waals surface area contributed by atoms with Crippen molar-refractivity contribution in [3.63, 3.8) is 0 Å². The zero-order valence-electron chi connectivity index (χ0n) is 10.6. The number of amides is 1. The van der Waals surface area contributed by atoms with E-state index in [0.717, 1.165) is 12.1 Å². The van der Waals surface area contributed by atoms with Crippen molar-refractivity contribution in [2.24, 2.45) is 0 Å². The highest BCUT2D eigenvalue weighted by atomic mass is 16.6. The molecule has 0 aliphatic heterocycles. The van der Waals surface area contributed by atoms with Crippen LogP contribution in [0.1, 0.15) is 5.56 Å². The number of likely N-dealkylation sites (N-methyl/N-ethyl adjacent to an activating group) is 1. The van der Waals surface area contributed by atoms with E-state index in [4.69, 9.17) is 0 Å². The molecule has 2 N–H and O–H groups in total. The Morgan fingerprint density at radius 1 is 1.33 bits per heavy atom. The van der Waals surface area contributed by atoms with E-state index in [0.29, 0.717) is 6.54 Å². The van der Waals surface area contributed by atoms with Crippen LogP contribution in [0, 0.1) is 10.1 Å². The van der Waals surface area contributed by atoms with E-state index < -0.39 is 4.92 Å². The van der Waals surface area contributed by atoms with Crippen LogP contribution in [-0.2, 0) is 11.2 Å². The molecule has 0 heterocycles. The lowest BCUT2D eigenvalue weighted by Gasteiger charge is -2.08. The Bertz CT molecular complexity index is 415. The summed E-state index contributed by atoms with van der Waals surface area (Å²) in [6.45, 7) is 1.50. The van der Waals surface area contributed by atoms with Gasteiger partial charge in [0.1, 0.15) is 0 Å². The number of carbonyl (C=O) groups excluding carboxylic acids is 1. The highest BCUT2D eigenvalue weighted by molar-refractivity contribution is 5.78. The van der Waals surface area contributed by atoms with E-state index in [1.165, 1.54) is 17.0 Å². The predicted molar refractivity (Wildman–Crippen MR) is 67.5 cm³/mol. The maximum Gasteiger partial charge on any atom is 0.269 e. The minimum atomic E-state index is -0.455. The SMILES string of the molecule is C[NH+](C)CCNC(=O)Cc1ccc([N+](=O)[O-])cc1. The molecule has 0 saturated heterocycles. The summed E-state index contributed by atoms with van der Waals surface area (Å²) in [4.78, 5) is 22.8. The predicted octanol–water partition coefficient (Wildman–Crippen LogP) is -0.602. The van der Waals surface area contributed by atoms with Crippen LogP contribution in [0.25, 0.3) is 0 Å². The molecule has 18 heavy (non-hydrogen) atoms. The fraction of sp³-hybridized carbons (Fsp3) is 0.417. The number of nitro benzene ring substituents is 1. The molecule has 0 aliphatic carbocycles. The average Bonchev–Trinajstić information content (AvgIpc) is 2.29. The molecule has 0 aromatic heterocycles. The van der Waals surface area contributed by atoms with Gasteiger partial charge in [0, 0.05) is 12.1 Å². The first-order valence-corrected chi connectivity index (χ1v) is 5.78. The van der Waals surface area contributed by atoms with Gasteiger partial charge in [0.25, 0.3) is 5.69 Å². The van der Waals surface area contributed by atoms with Gasteiger partial charge in [0.15, 0.2) is 0 Å². The fourth-order valence-corrected chi connectivity index (χ4v) is 1.44. The lowest BCUT2D eigenvalue weighted by molar-refractivity contribution is -0.856. The molecule has 0 radical (unpaired) electrons. The maximum absolute atomic E-state index is 11.6. The molecule has 1 rings (SSSR count). The van der Waals surface area contributed by atoms with Crippen molar-refractivity contribution in [2.75, 3.05) is 27.2 Å². The van der Waals surface area contributed by atoms with Gasteiger partial charge < -0.3 is 10.2 Å². The van der Waals surface area contributed by atoms with Gasteiger partial charge >= 0.3 is 0 Å². The Morgan fingerprint density at radius 3 is 2.44 bits per heavy atom. The van der Waals surface area contributed by atoms with Crippen molar-refractivity contribution >= 4 is 11.6 Å². The Morgan fingerprint density at radius 2 is 1.94 bits per heavy atom. The first kappa shape index (κ1) is 14.1. The minimum Gasteiger partial charge on any atom is -0.350 e. The molecule has 1 aromatic carbocycles. The van der Waals surface area contributed by atoms with E-state index in [-0.39, 0.29) is 18.0 Å². The number of non-ortho nitro benzene ring substituents is 1. The van der Waals surface area contributed by atoms with Crippen LogP contribution >= 0.6 is 0 Å². The number of benzene rings is 1. The Hall–Kier alpha value is -1.95. The maximum atomic E-state index is 11.6. The number of carbonyl (C=O) groups is 1. The highest BCUT2D eigenvalue weighted by Gasteiger charge is 2.07. The van der Waals surface area contributed by atoms with E-state index >= 15 is 0 Å².